The van der Waals surface area contributed by atoms with Crippen molar-refractivity contribution in [2.24, 2.45) is 17.8 Å². The fourth-order valence-corrected chi connectivity index (χ4v) is 3.20. The lowest BCUT2D eigenvalue weighted by molar-refractivity contribution is 0.284. The third kappa shape index (κ3) is 5.04. The highest BCUT2D eigenvalue weighted by Gasteiger charge is 2.23. The van der Waals surface area contributed by atoms with E-state index in [1.807, 2.05) is 0 Å². The molecule has 0 aromatic heterocycles. The molecule has 0 radical (unpaired) electrons. The largest absolute Gasteiger partial charge is 0.0654 e. The molecular weight excluding hydrogens is 180 g/mol. The molecular formula is C15H30. The van der Waals surface area contributed by atoms with E-state index < -0.39 is 0 Å². The summed E-state index contributed by atoms with van der Waals surface area (Å²) in [6, 6.07) is 0. The highest BCUT2D eigenvalue weighted by molar-refractivity contribution is 4.75. The van der Waals surface area contributed by atoms with Gasteiger partial charge in [-0.3, -0.25) is 0 Å². The minimum Gasteiger partial charge on any atom is -0.0654 e. The van der Waals surface area contributed by atoms with Crippen LogP contribution in [-0.4, -0.2) is 0 Å². The maximum Gasteiger partial charge on any atom is -0.0386 e. The normalized spacial score (nSPS) is 20.0. The molecule has 0 heteroatoms. The molecule has 0 N–H and O–H groups in total. The summed E-state index contributed by atoms with van der Waals surface area (Å²) in [7, 11) is 0. The lowest BCUT2D eigenvalue weighted by Gasteiger charge is -2.23. The molecule has 1 saturated carbocycles. The van der Waals surface area contributed by atoms with Crippen molar-refractivity contribution in [3.63, 3.8) is 0 Å². The first-order chi connectivity index (χ1) is 7.24. The maximum atomic E-state index is 2.35. The Hall–Kier alpha value is 0. The monoisotopic (exact) mass is 210 g/mol. The van der Waals surface area contributed by atoms with Gasteiger partial charge in [0, 0.05) is 0 Å². The smallest absolute Gasteiger partial charge is 0.0386 e. The van der Waals surface area contributed by atoms with Crippen LogP contribution in [0.4, 0.5) is 0 Å². The van der Waals surface area contributed by atoms with E-state index in [-0.39, 0.29) is 0 Å². The molecule has 0 aliphatic heterocycles. The summed E-state index contributed by atoms with van der Waals surface area (Å²) in [5.74, 6) is 3.06. The van der Waals surface area contributed by atoms with Crippen molar-refractivity contribution in [1.29, 1.82) is 0 Å². The minimum absolute atomic E-state index is 0.899. The van der Waals surface area contributed by atoms with Gasteiger partial charge in [-0.1, -0.05) is 78.6 Å². The molecule has 15 heavy (non-hydrogen) atoms. The summed E-state index contributed by atoms with van der Waals surface area (Å²) in [6.07, 6.45) is 13.4. The third-order valence-corrected chi connectivity index (χ3v) is 4.08. The second-order valence-corrected chi connectivity index (χ2v) is 5.92. The van der Waals surface area contributed by atoms with Gasteiger partial charge in [0.05, 0.1) is 0 Å². The van der Waals surface area contributed by atoms with Crippen molar-refractivity contribution >= 4 is 0 Å². The van der Waals surface area contributed by atoms with Crippen LogP contribution in [0, 0.1) is 17.8 Å². The number of rotatable bonds is 7. The van der Waals surface area contributed by atoms with Gasteiger partial charge in [0.15, 0.2) is 0 Å². The molecule has 1 aliphatic carbocycles. The van der Waals surface area contributed by atoms with E-state index in [0.717, 1.165) is 17.8 Å². The SMILES string of the molecule is CCCC(CCCC(C)C)C1CCCC1. The highest BCUT2D eigenvalue weighted by atomic mass is 14.3. The van der Waals surface area contributed by atoms with Crippen LogP contribution < -0.4 is 0 Å². The van der Waals surface area contributed by atoms with Crippen molar-refractivity contribution in [2.75, 3.05) is 0 Å². The van der Waals surface area contributed by atoms with Gasteiger partial charge in [-0.05, 0) is 17.8 Å². The van der Waals surface area contributed by atoms with Crippen LogP contribution in [0.5, 0.6) is 0 Å². The molecule has 1 atom stereocenters. The van der Waals surface area contributed by atoms with E-state index in [1.165, 1.54) is 57.8 Å². The molecule has 1 unspecified atom stereocenters. The zero-order valence-electron chi connectivity index (χ0n) is 11.1. The van der Waals surface area contributed by atoms with Crippen molar-refractivity contribution in [3.8, 4) is 0 Å². The molecule has 90 valence electrons. The molecule has 0 saturated heterocycles. The van der Waals surface area contributed by atoms with Crippen LogP contribution in [-0.2, 0) is 0 Å². The summed E-state index contributed by atoms with van der Waals surface area (Å²) >= 11 is 0. The van der Waals surface area contributed by atoms with Crippen LogP contribution in [0.25, 0.3) is 0 Å². The van der Waals surface area contributed by atoms with Crippen molar-refractivity contribution in [2.45, 2.75) is 78.6 Å². The van der Waals surface area contributed by atoms with Crippen LogP contribution in [0.2, 0.25) is 0 Å². The van der Waals surface area contributed by atoms with Gasteiger partial charge in [0.2, 0.25) is 0 Å². The average molecular weight is 210 g/mol. The average Bonchev–Trinajstić information content (AvgIpc) is 2.68. The van der Waals surface area contributed by atoms with Gasteiger partial charge in [-0.15, -0.1) is 0 Å². The Labute approximate surface area is 96.8 Å². The van der Waals surface area contributed by atoms with Crippen LogP contribution in [0.3, 0.4) is 0 Å². The first-order valence-corrected chi connectivity index (χ1v) is 7.24. The van der Waals surface area contributed by atoms with Gasteiger partial charge in [0.25, 0.3) is 0 Å². The quantitative estimate of drug-likeness (QED) is 0.526. The van der Waals surface area contributed by atoms with Gasteiger partial charge in [-0.25, -0.2) is 0 Å². The predicted octanol–water partition coefficient (Wildman–Crippen LogP) is 5.42. The van der Waals surface area contributed by atoms with Crippen molar-refractivity contribution in [3.05, 3.63) is 0 Å². The summed E-state index contributed by atoms with van der Waals surface area (Å²) in [4.78, 5) is 0. The van der Waals surface area contributed by atoms with Crippen molar-refractivity contribution < 1.29 is 0 Å². The molecule has 0 aromatic carbocycles. The molecule has 1 rings (SSSR count). The Morgan fingerprint density at radius 2 is 1.67 bits per heavy atom. The minimum atomic E-state index is 0.899. The fraction of sp³-hybridized carbons (Fsp3) is 1.00. The summed E-state index contributed by atoms with van der Waals surface area (Å²) < 4.78 is 0. The highest BCUT2D eigenvalue weighted by Crippen LogP contribution is 2.36. The van der Waals surface area contributed by atoms with Gasteiger partial charge >= 0.3 is 0 Å². The summed E-state index contributed by atoms with van der Waals surface area (Å²) in [5, 5.41) is 0. The molecule has 1 fully saturated rings. The maximum absolute atomic E-state index is 2.35. The third-order valence-electron chi connectivity index (χ3n) is 4.08. The first-order valence-electron chi connectivity index (χ1n) is 7.24. The van der Waals surface area contributed by atoms with E-state index in [9.17, 15) is 0 Å². The molecule has 0 bridgehead atoms. The molecule has 0 nitrogen and oxygen atoms in total. The Kier molecular flexibility index (Phi) is 6.36. The predicted molar refractivity (Wildman–Crippen MR) is 69.0 cm³/mol. The van der Waals surface area contributed by atoms with E-state index >= 15 is 0 Å². The first kappa shape index (κ1) is 13.1. The summed E-state index contributed by atoms with van der Waals surface area (Å²) in [6.45, 7) is 7.05. The van der Waals surface area contributed by atoms with E-state index in [0.29, 0.717) is 0 Å². The van der Waals surface area contributed by atoms with Crippen LogP contribution in [0.1, 0.15) is 78.6 Å². The zero-order valence-corrected chi connectivity index (χ0v) is 11.1. The Bertz CT molecular complexity index is 142. The second-order valence-electron chi connectivity index (χ2n) is 5.92. The van der Waals surface area contributed by atoms with E-state index in [4.69, 9.17) is 0 Å². The van der Waals surface area contributed by atoms with Crippen LogP contribution >= 0.6 is 0 Å². The lowest BCUT2D eigenvalue weighted by atomic mass is 9.83. The second kappa shape index (κ2) is 7.30. The molecule has 0 amide bonds. The molecule has 0 heterocycles. The van der Waals surface area contributed by atoms with Gasteiger partial charge < -0.3 is 0 Å². The standard InChI is InChI=1S/C15H30/c1-4-8-14(12-7-9-13(2)3)15-10-5-6-11-15/h13-15H,4-12H2,1-3H3. The van der Waals surface area contributed by atoms with Gasteiger partial charge in [0.1, 0.15) is 0 Å². The molecule has 0 spiro atoms. The van der Waals surface area contributed by atoms with Crippen LogP contribution in [0.15, 0.2) is 0 Å². The number of hydrogen-bond donors (Lipinski definition) is 0. The van der Waals surface area contributed by atoms with Gasteiger partial charge in [-0.2, -0.15) is 0 Å². The van der Waals surface area contributed by atoms with E-state index in [2.05, 4.69) is 20.8 Å². The Morgan fingerprint density at radius 1 is 1.00 bits per heavy atom. The molecule has 0 aromatic rings. The topological polar surface area (TPSA) is 0 Å². The summed E-state index contributed by atoms with van der Waals surface area (Å²) in [5.41, 5.74) is 0. The number of hydrogen-bond acceptors (Lipinski definition) is 0. The van der Waals surface area contributed by atoms with Crippen molar-refractivity contribution in [1.82, 2.24) is 0 Å². The lowest BCUT2D eigenvalue weighted by Crippen LogP contribution is -2.11. The fourth-order valence-electron chi connectivity index (χ4n) is 3.20. The van der Waals surface area contributed by atoms with E-state index in [1.54, 1.807) is 0 Å². The Morgan fingerprint density at radius 3 is 2.20 bits per heavy atom. The zero-order chi connectivity index (χ0) is 11.1. The molecule has 1 aliphatic rings. The Balaban J connectivity index is 2.23.